The summed E-state index contributed by atoms with van der Waals surface area (Å²) in [5, 5.41) is 2.84. The fourth-order valence-electron chi connectivity index (χ4n) is 5.05. The molecule has 0 amide bonds. The van der Waals surface area contributed by atoms with E-state index in [-0.39, 0.29) is 12.0 Å². The summed E-state index contributed by atoms with van der Waals surface area (Å²) >= 11 is 1.69. The zero-order chi connectivity index (χ0) is 27.0. The average molecular weight is 530 g/mol. The first-order valence-corrected chi connectivity index (χ1v) is 13.5. The third-order valence-electron chi connectivity index (χ3n) is 7.22. The number of nitrogens with zero attached hydrogens (tertiary/aromatic N) is 1. The van der Waals surface area contributed by atoms with Crippen molar-refractivity contribution < 1.29 is 23.5 Å². The lowest BCUT2D eigenvalue weighted by molar-refractivity contribution is 0.0443. The van der Waals surface area contributed by atoms with Gasteiger partial charge in [-0.2, -0.15) is 0 Å². The molecule has 1 aromatic carbocycles. The molecule has 196 valence electrons. The number of thiophene rings is 1. The van der Waals surface area contributed by atoms with Gasteiger partial charge in [0.05, 0.1) is 23.9 Å². The number of ether oxygens (including phenoxy) is 2. The summed E-state index contributed by atoms with van der Waals surface area (Å²) in [5.74, 6) is 0.210. The molecule has 1 aliphatic carbocycles. The number of pyridine rings is 1. The molecule has 6 nitrogen and oxygen atoms in total. The van der Waals surface area contributed by atoms with Gasteiger partial charge in [0.2, 0.25) is 0 Å². The highest BCUT2D eigenvalue weighted by Gasteiger charge is 2.35. The predicted molar refractivity (Wildman–Crippen MR) is 149 cm³/mol. The Bertz CT molecular complexity index is 1540. The van der Waals surface area contributed by atoms with Gasteiger partial charge in [-0.3, -0.25) is 0 Å². The van der Waals surface area contributed by atoms with Gasteiger partial charge >= 0.3 is 11.9 Å². The number of benzene rings is 1. The second-order valence-corrected chi connectivity index (χ2v) is 11.7. The van der Waals surface area contributed by atoms with Crippen molar-refractivity contribution in [3.05, 3.63) is 86.6 Å². The number of rotatable bonds is 5. The highest BCUT2D eigenvalue weighted by Crippen LogP contribution is 2.45. The van der Waals surface area contributed by atoms with E-state index in [9.17, 15) is 9.59 Å². The minimum atomic E-state index is -0.490. The van der Waals surface area contributed by atoms with E-state index in [0.29, 0.717) is 28.6 Å². The number of allylic oxidation sites excluding steroid dienone is 1. The van der Waals surface area contributed by atoms with Crippen LogP contribution in [0.5, 0.6) is 0 Å². The molecule has 3 aromatic heterocycles. The molecule has 1 aliphatic rings. The van der Waals surface area contributed by atoms with E-state index in [2.05, 4.69) is 38.3 Å². The van der Waals surface area contributed by atoms with Crippen molar-refractivity contribution in [3.63, 3.8) is 0 Å². The van der Waals surface area contributed by atoms with Gasteiger partial charge in [-0.15, -0.1) is 11.3 Å². The highest BCUT2D eigenvalue weighted by atomic mass is 32.1. The highest BCUT2D eigenvalue weighted by molar-refractivity contribution is 7.10. The third kappa shape index (κ3) is 5.03. The molecule has 7 heteroatoms. The van der Waals surface area contributed by atoms with Crippen LogP contribution in [0.25, 0.3) is 22.6 Å². The van der Waals surface area contributed by atoms with Crippen molar-refractivity contribution in [2.75, 3.05) is 7.11 Å². The number of carbonyl (C=O) groups excluding carboxylic acids is 2. The SMILES string of the molecule is COC(=O)c1cc(COC(=O)c2c3c(nc4ccccc24)/C(=C\c2cccs2)C[C@H](C(C)(C)C)C3)oc1C. The van der Waals surface area contributed by atoms with Crippen molar-refractivity contribution in [1.82, 2.24) is 4.98 Å². The summed E-state index contributed by atoms with van der Waals surface area (Å²) in [4.78, 5) is 32.0. The smallest absolute Gasteiger partial charge is 0.341 e. The molecule has 0 unspecified atom stereocenters. The minimum absolute atomic E-state index is 0.0367. The Morgan fingerprint density at radius 3 is 2.63 bits per heavy atom. The van der Waals surface area contributed by atoms with Crippen molar-refractivity contribution in [3.8, 4) is 0 Å². The van der Waals surface area contributed by atoms with Gasteiger partial charge in [0, 0.05) is 10.3 Å². The maximum atomic E-state index is 13.8. The summed E-state index contributed by atoms with van der Waals surface area (Å²) in [6.07, 6.45) is 3.82. The summed E-state index contributed by atoms with van der Waals surface area (Å²) in [6, 6.07) is 13.4. The van der Waals surface area contributed by atoms with Gasteiger partial charge in [0.25, 0.3) is 0 Å². The topological polar surface area (TPSA) is 78.6 Å². The molecule has 0 radical (unpaired) electrons. The van der Waals surface area contributed by atoms with Gasteiger partial charge in [0.15, 0.2) is 0 Å². The van der Waals surface area contributed by atoms with E-state index in [1.54, 1.807) is 24.3 Å². The van der Waals surface area contributed by atoms with Crippen LogP contribution in [0.3, 0.4) is 0 Å². The van der Waals surface area contributed by atoms with E-state index in [1.165, 1.54) is 7.11 Å². The third-order valence-corrected chi connectivity index (χ3v) is 8.04. The van der Waals surface area contributed by atoms with E-state index >= 15 is 0 Å². The largest absolute Gasteiger partial charge is 0.465 e. The van der Waals surface area contributed by atoms with Crippen LogP contribution in [-0.2, 0) is 22.5 Å². The first-order valence-electron chi connectivity index (χ1n) is 12.7. The van der Waals surface area contributed by atoms with Crippen molar-refractivity contribution in [2.24, 2.45) is 11.3 Å². The number of aromatic nitrogens is 1. The van der Waals surface area contributed by atoms with Crippen LogP contribution in [-0.4, -0.2) is 24.0 Å². The average Bonchev–Trinajstić information content (AvgIpc) is 3.54. The molecule has 5 rings (SSSR count). The van der Waals surface area contributed by atoms with Crippen LogP contribution in [0.15, 0.2) is 52.3 Å². The normalized spacial score (nSPS) is 16.4. The Morgan fingerprint density at radius 2 is 1.92 bits per heavy atom. The number of para-hydroxylation sites is 1. The number of methoxy groups -OCH3 is 1. The van der Waals surface area contributed by atoms with Crippen LogP contribution >= 0.6 is 11.3 Å². The zero-order valence-corrected chi connectivity index (χ0v) is 23.1. The fraction of sp³-hybridized carbons (Fsp3) is 0.323. The Labute approximate surface area is 226 Å². The number of esters is 2. The first-order chi connectivity index (χ1) is 18.2. The van der Waals surface area contributed by atoms with E-state index in [4.69, 9.17) is 18.9 Å². The molecule has 4 aromatic rings. The van der Waals surface area contributed by atoms with Crippen molar-refractivity contribution in [1.29, 1.82) is 0 Å². The van der Waals surface area contributed by atoms with E-state index < -0.39 is 11.9 Å². The van der Waals surface area contributed by atoms with Gasteiger partial charge in [-0.05, 0) is 71.9 Å². The minimum Gasteiger partial charge on any atom is -0.465 e. The number of fused-ring (bicyclic) bond motifs is 2. The standard InChI is InChI=1S/C31H31NO5S/c1-18-24(29(33)35-5)16-21(37-18)17-36-30(34)27-23-10-6-7-11-26(23)32-28-19(14-22-9-8-12-38-22)13-20(15-25(27)28)31(2,3)4/h6-12,14,16,20H,13,15,17H2,1-5H3/b19-14-/t20-/m0/s1. The summed E-state index contributed by atoms with van der Waals surface area (Å²) < 4.78 is 16.3. The molecule has 1 atom stereocenters. The van der Waals surface area contributed by atoms with Crippen molar-refractivity contribution in [2.45, 2.75) is 47.1 Å². The van der Waals surface area contributed by atoms with Gasteiger partial charge < -0.3 is 13.9 Å². The van der Waals surface area contributed by atoms with Crippen LogP contribution in [0.2, 0.25) is 0 Å². The molecular formula is C31H31NO5S. The predicted octanol–water partition coefficient (Wildman–Crippen LogP) is 7.49. The number of hydrogen-bond donors (Lipinski definition) is 0. The lowest BCUT2D eigenvalue weighted by Gasteiger charge is -2.36. The summed E-state index contributed by atoms with van der Waals surface area (Å²) in [7, 11) is 1.32. The van der Waals surface area contributed by atoms with Gasteiger partial charge in [-0.1, -0.05) is 45.0 Å². The number of carbonyl (C=O) groups is 2. The molecule has 3 heterocycles. The lowest BCUT2D eigenvalue weighted by atomic mass is 9.69. The Morgan fingerprint density at radius 1 is 1.13 bits per heavy atom. The Balaban J connectivity index is 1.59. The Hall–Kier alpha value is -3.71. The van der Waals surface area contributed by atoms with E-state index in [0.717, 1.165) is 45.5 Å². The van der Waals surface area contributed by atoms with Crippen LogP contribution in [0, 0.1) is 18.3 Å². The first kappa shape index (κ1) is 25.9. The fourth-order valence-corrected chi connectivity index (χ4v) is 5.73. The number of furan rings is 1. The zero-order valence-electron chi connectivity index (χ0n) is 22.3. The summed E-state index contributed by atoms with van der Waals surface area (Å²) in [6.45, 7) is 8.32. The van der Waals surface area contributed by atoms with Crippen LogP contribution in [0.4, 0.5) is 0 Å². The van der Waals surface area contributed by atoms with Gasteiger partial charge in [-0.25, -0.2) is 14.6 Å². The molecule has 0 aliphatic heterocycles. The van der Waals surface area contributed by atoms with Gasteiger partial charge in [0.1, 0.15) is 23.7 Å². The second-order valence-electron chi connectivity index (χ2n) is 10.7. The molecular weight excluding hydrogens is 498 g/mol. The maximum absolute atomic E-state index is 13.8. The number of aryl methyl sites for hydroxylation is 1. The Kier molecular flexibility index (Phi) is 6.97. The molecule has 0 fully saturated rings. The molecule has 0 N–H and O–H groups in total. The van der Waals surface area contributed by atoms with Crippen molar-refractivity contribution >= 4 is 45.8 Å². The van der Waals surface area contributed by atoms with Crippen LogP contribution in [0.1, 0.15) is 75.6 Å². The monoisotopic (exact) mass is 529 g/mol. The number of hydrogen-bond acceptors (Lipinski definition) is 7. The molecule has 0 bridgehead atoms. The van der Waals surface area contributed by atoms with Crippen LogP contribution < -0.4 is 0 Å². The van der Waals surface area contributed by atoms with E-state index in [1.807, 2.05) is 30.3 Å². The lowest BCUT2D eigenvalue weighted by Crippen LogP contribution is -2.28. The maximum Gasteiger partial charge on any atom is 0.341 e. The molecule has 0 saturated carbocycles. The molecule has 0 saturated heterocycles. The molecule has 0 spiro atoms. The quantitative estimate of drug-likeness (QED) is 0.249. The molecule has 38 heavy (non-hydrogen) atoms. The second kappa shape index (κ2) is 10.2. The summed E-state index contributed by atoms with van der Waals surface area (Å²) in [5.41, 5.74) is 4.59.